The molecule has 1 aromatic heterocycles. The van der Waals surface area contributed by atoms with Gasteiger partial charge in [-0.15, -0.1) is 0 Å². The summed E-state index contributed by atoms with van der Waals surface area (Å²) >= 11 is 0. The Hall–Kier alpha value is -3.48. The van der Waals surface area contributed by atoms with Crippen LogP contribution in [0, 0.1) is 13.8 Å². The molecule has 0 radical (unpaired) electrons. The zero-order chi connectivity index (χ0) is 19.4. The highest BCUT2D eigenvalue weighted by molar-refractivity contribution is 6.05. The Balaban J connectivity index is 1.75. The monoisotopic (exact) mass is 368 g/mol. The predicted molar refractivity (Wildman–Crippen MR) is 99.4 cm³/mol. The molecule has 0 bridgehead atoms. The molecule has 1 heterocycles. The third-order valence-corrected chi connectivity index (χ3v) is 4.13. The zero-order valence-electron chi connectivity index (χ0n) is 15.3. The van der Waals surface area contributed by atoms with Crippen molar-refractivity contribution in [1.29, 1.82) is 0 Å². The van der Waals surface area contributed by atoms with Crippen LogP contribution in [-0.2, 0) is 6.61 Å². The summed E-state index contributed by atoms with van der Waals surface area (Å²) in [5.74, 6) is 1.25. The number of phenols is 1. The number of nitrogens with zero attached hydrogens (tertiary/aromatic N) is 1. The Bertz CT molecular complexity index is 945. The summed E-state index contributed by atoms with van der Waals surface area (Å²) in [6.45, 7) is 3.95. The highest BCUT2D eigenvalue weighted by Gasteiger charge is 2.15. The van der Waals surface area contributed by atoms with E-state index in [0.717, 1.165) is 11.3 Å². The molecule has 3 aromatic rings. The summed E-state index contributed by atoms with van der Waals surface area (Å²) in [4.78, 5) is 12.4. The maximum atomic E-state index is 12.4. The average Bonchev–Trinajstić information content (AvgIpc) is 2.99. The van der Waals surface area contributed by atoms with Crippen molar-refractivity contribution in [2.45, 2.75) is 20.5 Å². The minimum absolute atomic E-state index is 0.00257. The molecule has 7 nitrogen and oxygen atoms in total. The number of anilines is 1. The van der Waals surface area contributed by atoms with Crippen LogP contribution in [-0.4, -0.2) is 23.3 Å². The second-order valence-electron chi connectivity index (χ2n) is 5.93. The highest BCUT2D eigenvalue weighted by Crippen LogP contribution is 2.30. The number of nitrogens with one attached hydrogen (secondary N) is 1. The maximum Gasteiger partial charge on any atom is 0.255 e. The van der Waals surface area contributed by atoms with E-state index in [0.29, 0.717) is 28.5 Å². The van der Waals surface area contributed by atoms with Gasteiger partial charge in [-0.25, -0.2) is 0 Å². The fourth-order valence-electron chi connectivity index (χ4n) is 2.56. The molecule has 0 aliphatic carbocycles. The molecule has 0 atom stereocenters. The molecule has 3 rings (SSSR count). The minimum atomic E-state index is -0.368. The lowest BCUT2D eigenvalue weighted by atomic mass is 10.1. The number of aromatic nitrogens is 1. The van der Waals surface area contributed by atoms with Crippen LogP contribution >= 0.6 is 0 Å². The van der Waals surface area contributed by atoms with Gasteiger partial charge < -0.3 is 24.4 Å². The van der Waals surface area contributed by atoms with E-state index in [4.69, 9.17) is 14.0 Å². The molecule has 2 N–H and O–H groups in total. The third kappa shape index (κ3) is 4.03. The Morgan fingerprint density at radius 2 is 1.96 bits per heavy atom. The summed E-state index contributed by atoms with van der Waals surface area (Å²) in [7, 11) is 1.50. The topological polar surface area (TPSA) is 93.8 Å². The second kappa shape index (κ2) is 7.82. The number of para-hydroxylation sites is 2. The maximum absolute atomic E-state index is 12.4. The van der Waals surface area contributed by atoms with Gasteiger partial charge in [0.25, 0.3) is 5.91 Å². The number of carbonyl (C=O) groups is 1. The van der Waals surface area contributed by atoms with E-state index in [-0.39, 0.29) is 18.3 Å². The Morgan fingerprint density at radius 3 is 2.63 bits per heavy atom. The largest absolute Gasteiger partial charge is 0.506 e. The number of aromatic hydroxyl groups is 1. The second-order valence-corrected chi connectivity index (χ2v) is 5.93. The summed E-state index contributed by atoms with van der Waals surface area (Å²) in [6, 6.07) is 11.4. The van der Waals surface area contributed by atoms with Crippen LogP contribution < -0.4 is 14.8 Å². The number of hydrogen-bond donors (Lipinski definition) is 2. The Labute approximate surface area is 156 Å². The number of methoxy groups -OCH3 is 1. The fraction of sp³-hybridized carbons (Fsp3) is 0.200. The van der Waals surface area contributed by atoms with Gasteiger partial charge in [-0.2, -0.15) is 0 Å². The zero-order valence-corrected chi connectivity index (χ0v) is 15.3. The Kier molecular flexibility index (Phi) is 5.30. The van der Waals surface area contributed by atoms with Gasteiger partial charge in [0.2, 0.25) is 0 Å². The molecule has 0 fully saturated rings. The molecular weight excluding hydrogens is 348 g/mol. The number of ether oxygens (including phenoxy) is 2. The number of phenolic OH excluding ortho intramolecular Hbond substituents is 1. The predicted octanol–water partition coefficient (Wildman–Crippen LogP) is 3.84. The first-order valence-electron chi connectivity index (χ1n) is 8.31. The van der Waals surface area contributed by atoms with Crippen molar-refractivity contribution in [2.24, 2.45) is 0 Å². The summed E-state index contributed by atoms with van der Waals surface area (Å²) in [5.41, 5.74) is 2.35. The summed E-state index contributed by atoms with van der Waals surface area (Å²) in [5, 5.41) is 16.3. The molecule has 7 heteroatoms. The first kappa shape index (κ1) is 18.3. The molecule has 0 saturated carbocycles. The summed E-state index contributed by atoms with van der Waals surface area (Å²) in [6.07, 6.45) is 0. The van der Waals surface area contributed by atoms with Crippen LogP contribution in [0.4, 0.5) is 5.69 Å². The quantitative estimate of drug-likeness (QED) is 0.642. The first-order chi connectivity index (χ1) is 13.0. The summed E-state index contributed by atoms with van der Waals surface area (Å²) < 4.78 is 16.3. The molecule has 0 aliphatic rings. The van der Waals surface area contributed by atoms with Crippen LogP contribution in [0.5, 0.6) is 17.2 Å². The first-order valence-corrected chi connectivity index (χ1v) is 8.31. The van der Waals surface area contributed by atoms with E-state index in [9.17, 15) is 9.90 Å². The molecule has 0 spiro atoms. The van der Waals surface area contributed by atoms with Gasteiger partial charge in [-0.3, -0.25) is 4.79 Å². The number of aryl methyl sites for hydroxylation is 2. The van der Waals surface area contributed by atoms with Crippen molar-refractivity contribution in [3.05, 3.63) is 65.0 Å². The van der Waals surface area contributed by atoms with Gasteiger partial charge in [0, 0.05) is 5.56 Å². The third-order valence-electron chi connectivity index (χ3n) is 4.13. The molecule has 27 heavy (non-hydrogen) atoms. The van der Waals surface area contributed by atoms with Crippen molar-refractivity contribution in [2.75, 3.05) is 12.4 Å². The molecule has 1 amide bonds. The average molecular weight is 368 g/mol. The highest BCUT2D eigenvalue weighted by atomic mass is 16.5. The molecular formula is C20H20N2O5. The van der Waals surface area contributed by atoms with E-state index in [1.807, 2.05) is 13.8 Å². The number of benzene rings is 2. The van der Waals surface area contributed by atoms with Crippen LogP contribution in [0.15, 0.2) is 47.0 Å². The van der Waals surface area contributed by atoms with E-state index in [1.54, 1.807) is 36.4 Å². The van der Waals surface area contributed by atoms with E-state index >= 15 is 0 Å². The van der Waals surface area contributed by atoms with Crippen LogP contribution in [0.2, 0.25) is 0 Å². The van der Waals surface area contributed by atoms with E-state index < -0.39 is 0 Å². The lowest BCUT2D eigenvalue weighted by Gasteiger charge is -2.12. The van der Waals surface area contributed by atoms with Crippen molar-refractivity contribution >= 4 is 11.6 Å². The standard InChI is InChI=1S/C20H20N2O5/c1-12-15(13(2)27-22-12)11-26-18-9-8-14(10-19(18)25-3)20(24)21-16-6-4-5-7-17(16)23/h4-10,23H,11H2,1-3H3,(H,21,24). The SMILES string of the molecule is COc1cc(C(=O)Nc2ccccc2O)ccc1OCc1c(C)noc1C. The van der Waals surface area contributed by atoms with Gasteiger partial charge in [0.1, 0.15) is 18.1 Å². The number of carbonyl (C=O) groups excluding carboxylic acids is 1. The minimum Gasteiger partial charge on any atom is -0.506 e. The lowest BCUT2D eigenvalue weighted by molar-refractivity contribution is 0.102. The Morgan fingerprint density at radius 1 is 1.19 bits per heavy atom. The lowest BCUT2D eigenvalue weighted by Crippen LogP contribution is -2.12. The van der Waals surface area contributed by atoms with Crippen molar-refractivity contribution < 1.29 is 23.9 Å². The van der Waals surface area contributed by atoms with Crippen molar-refractivity contribution in [3.63, 3.8) is 0 Å². The number of amides is 1. The molecule has 0 aliphatic heterocycles. The van der Waals surface area contributed by atoms with E-state index in [2.05, 4.69) is 10.5 Å². The van der Waals surface area contributed by atoms with Gasteiger partial charge in [0.15, 0.2) is 11.5 Å². The molecule has 2 aromatic carbocycles. The molecule has 0 saturated heterocycles. The smallest absolute Gasteiger partial charge is 0.255 e. The number of hydrogen-bond acceptors (Lipinski definition) is 6. The fourth-order valence-corrected chi connectivity index (χ4v) is 2.56. The van der Waals surface area contributed by atoms with Gasteiger partial charge in [-0.05, 0) is 44.2 Å². The van der Waals surface area contributed by atoms with Crippen LogP contribution in [0.3, 0.4) is 0 Å². The number of rotatable bonds is 6. The van der Waals surface area contributed by atoms with Gasteiger partial charge >= 0.3 is 0 Å². The van der Waals surface area contributed by atoms with Gasteiger partial charge in [-0.1, -0.05) is 17.3 Å². The van der Waals surface area contributed by atoms with Crippen molar-refractivity contribution in [3.8, 4) is 17.2 Å². The van der Waals surface area contributed by atoms with Crippen LogP contribution in [0.1, 0.15) is 27.4 Å². The van der Waals surface area contributed by atoms with Gasteiger partial charge in [0.05, 0.1) is 24.1 Å². The van der Waals surface area contributed by atoms with E-state index in [1.165, 1.54) is 13.2 Å². The molecule has 140 valence electrons. The van der Waals surface area contributed by atoms with Crippen molar-refractivity contribution in [1.82, 2.24) is 5.16 Å². The normalized spacial score (nSPS) is 10.5. The van der Waals surface area contributed by atoms with Crippen LogP contribution in [0.25, 0.3) is 0 Å². The molecule has 0 unspecified atom stereocenters.